The second-order valence-corrected chi connectivity index (χ2v) is 2.77. The van der Waals surface area contributed by atoms with Crippen molar-refractivity contribution < 1.29 is 0 Å². The third-order valence-corrected chi connectivity index (χ3v) is 1.63. The minimum Gasteiger partial charge on any atom is -0.118 e. The molecule has 40 valence electrons. The average molecular weight is 137 g/mol. The van der Waals surface area contributed by atoms with Crippen LogP contribution in [0.2, 0.25) is 0 Å². The lowest BCUT2D eigenvalue weighted by Gasteiger charge is -1.93. The number of hydrogen-bond acceptors (Lipinski definition) is 0. The van der Waals surface area contributed by atoms with Crippen LogP contribution in [-0.4, -0.2) is 10.8 Å². The average Bonchev–Trinajstić information content (AvgIpc) is 1.87. The van der Waals surface area contributed by atoms with Gasteiger partial charge >= 0.3 is 0 Å². The first-order chi connectivity index (χ1) is 3.29. The van der Waals surface area contributed by atoms with Crippen LogP contribution in [0.3, 0.4) is 0 Å². The number of allylic oxidation sites excluding steroid dienone is 2. The highest BCUT2D eigenvalue weighted by Crippen LogP contribution is 2.19. The number of alkyl halides is 2. The van der Waals surface area contributed by atoms with Gasteiger partial charge in [-0.25, -0.2) is 0 Å². The van der Waals surface area contributed by atoms with Gasteiger partial charge in [-0.15, -0.1) is 23.2 Å². The first-order valence-corrected chi connectivity index (χ1v) is 3.13. The maximum absolute atomic E-state index is 5.64. The fourth-order valence-electron chi connectivity index (χ4n) is 0.613. The highest BCUT2D eigenvalue weighted by molar-refractivity contribution is 6.26. The molecule has 0 spiro atoms. The lowest BCUT2D eigenvalue weighted by molar-refractivity contribution is 0.942. The molecule has 2 heteroatoms. The van der Waals surface area contributed by atoms with Gasteiger partial charge in [-0.05, 0) is 6.42 Å². The molecule has 1 rings (SSSR count). The van der Waals surface area contributed by atoms with E-state index in [9.17, 15) is 0 Å². The summed E-state index contributed by atoms with van der Waals surface area (Å²) in [4.78, 5) is 0. The van der Waals surface area contributed by atoms with E-state index in [0.717, 1.165) is 6.42 Å². The summed E-state index contributed by atoms with van der Waals surface area (Å²) in [6.45, 7) is 0. The zero-order chi connectivity index (χ0) is 5.28. The Kier molecular flexibility index (Phi) is 1.61. The molecule has 0 aromatic heterocycles. The fourth-order valence-corrected chi connectivity index (χ4v) is 1.26. The van der Waals surface area contributed by atoms with Crippen molar-refractivity contribution >= 4 is 23.2 Å². The Bertz CT molecular complexity index is 78.1. The van der Waals surface area contributed by atoms with Gasteiger partial charge in [-0.1, -0.05) is 12.2 Å². The summed E-state index contributed by atoms with van der Waals surface area (Å²) in [5.41, 5.74) is 0. The van der Waals surface area contributed by atoms with Crippen molar-refractivity contribution in [1.29, 1.82) is 0 Å². The quantitative estimate of drug-likeness (QED) is 0.354. The van der Waals surface area contributed by atoms with Gasteiger partial charge in [-0.3, -0.25) is 0 Å². The molecule has 0 heterocycles. The number of halogens is 2. The Morgan fingerprint density at radius 3 is 1.71 bits per heavy atom. The Hall–Kier alpha value is 0.320. The molecule has 7 heavy (non-hydrogen) atoms. The smallest absolute Gasteiger partial charge is 0.0533 e. The Morgan fingerprint density at radius 1 is 1.14 bits per heavy atom. The van der Waals surface area contributed by atoms with Gasteiger partial charge in [0.05, 0.1) is 10.8 Å². The first kappa shape index (κ1) is 5.46. The van der Waals surface area contributed by atoms with Gasteiger partial charge < -0.3 is 0 Å². The monoisotopic (exact) mass is 136 g/mol. The van der Waals surface area contributed by atoms with Crippen molar-refractivity contribution in [3.63, 3.8) is 0 Å². The first-order valence-electron chi connectivity index (χ1n) is 2.25. The molecule has 0 saturated carbocycles. The van der Waals surface area contributed by atoms with E-state index in [0.29, 0.717) is 0 Å². The van der Waals surface area contributed by atoms with Crippen LogP contribution in [0.25, 0.3) is 0 Å². The second-order valence-electron chi connectivity index (χ2n) is 1.65. The second kappa shape index (κ2) is 2.06. The Morgan fingerprint density at radius 2 is 1.57 bits per heavy atom. The van der Waals surface area contributed by atoms with Crippen LogP contribution in [0.4, 0.5) is 0 Å². The molecule has 0 bridgehead atoms. The predicted octanol–water partition coefficient (Wildman–Crippen LogP) is 2.16. The van der Waals surface area contributed by atoms with Gasteiger partial charge in [0.15, 0.2) is 0 Å². The van der Waals surface area contributed by atoms with E-state index >= 15 is 0 Å². The molecular weight excluding hydrogens is 131 g/mol. The highest BCUT2D eigenvalue weighted by atomic mass is 35.5. The third-order valence-electron chi connectivity index (χ3n) is 0.979. The summed E-state index contributed by atoms with van der Waals surface area (Å²) < 4.78 is 0. The van der Waals surface area contributed by atoms with Gasteiger partial charge in [0.1, 0.15) is 0 Å². The largest absolute Gasteiger partial charge is 0.118 e. The molecule has 0 aliphatic heterocycles. The zero-order valence-corrected chi connectivity index (χ0v) is 5.28. The van der Waals surface area contributed by atoms with E-state index in [2.05, 4.69) is 0 Å². The third kappa shape index (κ3) is 1.36. The van der Waals surface area contributed by atoms with Crippen LogP contribution in [0.15, 0.2) is 12.2 Å². The molecule has 0 aromatic rings. The van der Waals surface area contributed by atoms with Crippen LogP contribution in [0.1, 0.15) is 6.42 Å². The molecular formula is C5H6Cl2. The van der Waals surface area contributed by atoms with Crippen molar-refractivity contribution in [3.05, 3.63) is 12.2 Å². The zero-order valence-electron chi connectivity index (χ0n) is 3.77. The maximum atomic E-state index is 5.64. The summed E-state index contributed by atoms with van der Waals surface area (Å²) in [6, 6.07) is 0. The normalized spacial score (nSPS) is 39.7. The maximum Gasteiger partial charge on any atom is 0.0533 e. The van der Waals surface area contributed by atoms with Gasteiger partial charge in [0.25, 0.3) is 0 Å². The lowest BCUT2D eigenvalue weighted by Crippen LogP contribution is -1.92. The van der Waals surface area contributed by atoms with Crippen molar-refractivity contribution in [1.82, 2.24) is 0 Å². The van der Waals surface area contributed by atoms with Crippen molar-refractivity contribution in [3.8, 4) is 0 Å². The molecule has 0 aromatic carbocycles. The molecule has 0 amide bonds. The summed E-state index contributed by atoms with van der Waals surface area (Å²) in [7, 11) is 0. The Balaban J connectivity index is 2.42. The molecule has 0 radical (unpaired) electrons. The summed E-state index contributed by atoms with van der Waals surface area (Å²) in [6.07, 6.45) is 4.75. The summed E-state index contributed by atoms with van der Waals surface area (Å²) in [5.74, 6) is 0. The molecule has 1 aliphatic rings. The molecule has 1 aliphatic carbocycles. The van der Waals surface area contributed by atoms with Crippen molar-refractivity contribution in [2.75, 3.05) is 0 Å². The van der Waals surface area contributed by atoms with Crippen molar-refractivity contribution in [2.45, 2.75) is 17.2 Å². The van der Waals surface area contributed by atoms with Crippen LogP contribution in [0, 0.1) is 0 Å². The van der Waals surface area contributed by atoms with Crippen LogP contribution in [-0.2, 0) is 0 Å². The molecule has 0 N–H and O–H groups in total. The van der Waals surface area contributed by atoms with E-state index in [1.807, 2.05) is 12.2 Å². The molecule has 2 atom stereocenters. The molecule has 0 nitrogen and oxygen atoms in total. The minimum absolute atomic E-state index is 0.183. The molecule has 0 fully saturated rings. The van der Waals surface area contributed by atoms with Crippen LogP contribution in [0.5, 0.6) is 0 Å². The van der Waals surface area contributed by atoms with E-state index in [1.165, 1.54) is 0 Å². The van der Waals surface area contributed by atoms with Gasteiger partial charge in [0.2, 0.25) is 0 Å². The minimum atomic E-state index is 0.183. The van der Waals surface area contributed by atoms with Crippen molar-refractivity contribution in [2.24, 2.45) is 0 Å². The number of rotatable bonds is 0. The molecule has 0 saturated heterocycles. The topological polar surface area (TPSA) is 0 Å². The van der Waals surface area contributed by atoms with E-state index in [4.69, 9.17) is 23.2 Å². The number of hydrogen-bond donors (Lipinski definition) is 0. The summed E-state index contributed by atoms with van der Waals surface area (Å²) >= 11 is 11.3. The standard InChI is InChI=1S/C5H6Cl2/c6-4-1-2-5(7)3-4/h1-2,4-5H,3H2. The SMILES string of the molecule is ClC1C=CC(Cl)C1. The highest BCUT2D eigenvalue weighted by Gasteiger charge is 2.12. The van der Waals surface area contributed by atoms with Gasteiger partial charge in [0, 0.05) is 0 Å². The van der Waals surface area contributed by atoms with Crippen LogP contribution >= 0.6 is 23.2 Å². The molecule has 2 unspecified atom stereocenters. The van der Waals surface area contributed by atoms with E-state index in [-0.39, 0.29) is 10.8 Å². The van der Waals surface area contributed by atoms with Gasteiger partial charge in [-0.2, -0.15) is 0 Å². The predicted molar refractivity (Wildman–Crippen MR) is 33.0 cm³/mol. The lowest BCUT2D eigenvalue weighted by atomic mass is 10.3. The van der Waals surface area contributed by atoms with Crippen LogP contribution < -0.4 is 0 Å². The van der Waals surface area contributed by atoms with E-state index < -0.39 is 0 Å². The summed E-state index contributed by atoms with van der Waals surface area (Å²) in [5, 5.41) is 0.366. The van der Waals surface area contributed by atoms with E-state index in [1.54, 1.807) is 0 Å². The fraction of sp³-hybridized carbons (Fsp3) is 0.600. The Labute approximate surface area is 53.1 Å².